The van der Waals surface area contributed by atoms with Gasteiger partial charge in [0.05, 0.1) is 12.6 Å². The molecule has 1 aromatic heterocycles. The second-order valence-electron chi connectivity index (χ2n) is 5.67. The summed E-state index contributed by atoms with van der Waals surface area (Å²) in [4.78, 5) is 27.1. The summed E-state index contributed by atoms with van der Waals surface area (Å²) >= 11 is 0. The van der Waals surface area contributed by atoms with Crippen LogP contribution in [0.15, 0.2) is 53.3 Å². The van der Waals surface area contributed by atoms with Crippen LogP contribution in [0.4, 0.5) is 5.69 Å². The van der Waals surface area contributed by atoms with Gasteiger partial charge in [0.1, 0.15) is 11.3 Å². The molecule has 0 saturated carbocycles. The zero-order valence-corrected chi connectivity index (χ0v) is 13.8. The molecule has 0 radical (unpaired) electrons. The third-order valence-electron chi connectivity index (χ3n) is 4.02. The highest BCUT2D eigenvalue weighted by atomic mass is 16.5. The van der Waals surface area contributed by atoms with E-state index in [0.29, 0.717) is 29.6 Å². The maximum Gasteiger partial charge on any atom is 0.261 e. The number of nitrogen functional groups attached to an aromatic ring is 1. The summed E-state index contributed by atoms with van der Waals surface area (Å²) in [5, 5.41) is 3.43. The number of rotatable bonds is 5. The molecule has 3 rings (SSSR count). The maximum atomic E-state index is 12.3. The number of aromatic amines is 1. The third-order valence-corrected chi connectivity index (χ3v) is 4.02. The van der Waals surface area contributed by atoms with E-state index in [1.807, 2.05) is 24.3 Å². The molecule has 6 heteroatoms. The van der Waals surface area contributed by atoms with Gasteiger partial charge in [0.25, 0.3) is 11.5 Å². The third kappa shape index (κ3) is 3.63. The number of nitrogens with two attached hydrogens (primary N) is 1. The number of amides is 1. The van der Waals surface area contributed by atoms with E-state index in [1.165, 1.54) is 6.07 Å². The molecule has 0 aliphatic rings. The first-order chi connectivity index (χ1) is 12.1. The van der Waals surface area contributed by atoms with Crippen molar-refractivity contribution in [3.05, 3.63) is 70.0 Å². The minimum absolute atomic E-state index is 0.0557. The Balaban J connectivity index is 1.70. The van der Waals surface area contributed by atoms with Crippen molar-refractivity contribution in [2.75, 3.05) is 19.4 Å². The number of ether oxygens (including phenoxy) is 1. The SMILES string of the molecule is COc1ccc(CCNC(=O)c2cc3c(N)cccc3[nH]c2=O)cc1. The Labute approximate surface area is 144 Å². The highest BCUT2D eigenvalue weighted by Crippen LogP contribution is 2.18. The first-order valence-electron chi connectivity index (χ1n) is 7.91. The lowest BCUT2D eigenvalue weighted by atomic mass is 10.1. The fourth-order valence-electron chi connectivity index (χ4n) is 2.63. The molecule has 0 bridgehead atoms. The number of pyridine rings is 1. The summed E-state index contributed by atoms with van der Waals surface area (Å²) in [7, 11) is 1.61. The molecule has 0 aliphatic carbocycles. The standard InChI is InChI=1S/C19H19N3O3/c1-25-13-7-5-12(6-8-13)9-10-21-18(23)15-11-14-16(20)3-2-4-17(14)22-19(15)24/h2-8,11H,9-10,20H2,1H3,(H,21,23)(H,22,24). The molecule has 1 amide bonds. The van der Waals surface area contributed by atoms with Crippen LogP contribution in [0.25, 0.3) is 10.9 Å². The lowest BCUT2D eigenvalue weighted by molar-refractivity contribution is 0.0953. The predicted molar refractivity (Wildman–Crippen MR) is 98.0 cm³/mol. The number of aromatic nitrogens is 1. The van der Waals surface area contributed by atoms with Crippen LogP contribution in [0.3, 0.4) is 0 Å². The summed E-state index contributed by atoms with van der Waals surface area (Å²) in [6.07, 6.45) is 0.656. The first-order valence-corrected chi connectivity index (χ1v) is 7.91. The van der Waals surface area contributed by atoms with Crippen molar-refractivity contribution in [3.8, 4) is 5.75 Å². The van der Waals surface area contributed by atoms with Crippen molar-refractivity contribution in [2.24, 2.45) is 0 Å². The van der Waals surface area contributed by atoms with E-state index in [-0.39, 0.29) is 5.56 Å². The van der Waals surface area contributed by atoms with Gasteiger partial charge >= 0.3 is 0 Å². The van der Waals surface area contributed by atoms with Crippen LogP contribution in [0.2, 0.25) is 0 Å². The average molecular weight is 337 g/mol. The quantitative estimate of drug-likeness (QED) is 0.621. The fourth-order valence-corrected chi connectivity index (χ4v) is 2.63. The van der Waals surface area contributed by atoms with Crippen molar-refractivity contribution < 1.29 is 9.53 Å². The van der Waals surface area contributed by atoms with E-state index < -0.39 is 11.5 Å². The van der Waals surface area contributed by atoms with Gasteiger partial charge < -0.3 is 20.8 Å². The zero-order valence-electron chi connectivity index (χ0n) is 13.8. The van der Waals surface area contributed by atoms with Gasteiger partial charge in [-0.15, -0.1) is 0 Å². The molecule has 3 aromatic rings. The van der Waals surface area contributed by atoms with Crippen molar-refractivity contribution in [1.82, 2.24) is 10.3 Å². The van der Waals surface area contributed by atoms with Gasteiger partial charge in [-0.25, -0.2) is 0 Å². The van der Waals surface area contributed by atoms with Gasteiger partial charge in [-0.05, 0) is 42.3 Å². The lowest BCUT2D eigenvalue weighted by Gasteiger charge is -2.07. The Morgan fingerprint density at radius 3 is 2.68 bits per heavy atom. The van der Waals surface area contributed by atoms with Gasteiger partial charge in [-0.3, -0.25) is 9.59 Å². The Hall–Kier alpha value is -3.28. The van der Waals surface area contributed by atoms with Crippen LogP contribution in [-0.2, 0) is 6.42 Å². The molecule has 0 fully saturated rings. The Morgan fingerprint density at radius 2 is 1.96 bits per heavy atom. The summed E-state index contributed by atoms with van der Waals surface area (Å²) in [5.74, 6) is 0.369. The van der Waals surface area contributed by atoms with E-state index in [9.17, 15) is 9.59 Å². The molecule has 25 heavy (non-hydrogen) atoms. The summed E-state index contributed by atoms with van der Waals surface area (Å²) in [5.41, 5.74) is 7.73. The molecule has 1 heterocycles. The summed E-state index contributed by atoms with van der Waals surface area (Å²) in [6, 6.07) is 14.4. The molecule has 0 aliphatic heterocycles. The monoisotopic (exact) mass is 337 g/mol. The lowest BCUT2D eigenvalue weighted by Crippen LogP contribution is -2.31. The van der Waals surface area contributed by atoms with Crippen LogP contribution in [0, 0.1) is 0 Å². The van der Waals surface area contributed by atoms with Gasteiger partial charge in [-0.2, -0.15) is 0 Å². The number of carbonyl (C=O) groups excluding carboxylic acids is 1. The number of methoxy groups -OCH3 is 1. The average Bonchev–Trinajstić information content (AvgIpc) is 2.62. The Bertz CT molecular complexity index is 962. The van der Waals surface area contributed by atoms with Crippen LogP contribution in [0.1, 0.15) is 15.9 Å². The highest BCUT2D eigenvalue weighted by molar-refractivity contribution is 5.99. The topological polar surface area (TPSA) is 97.2 Å². The van der Waals surface area contributed by atoms with E-state index in [2.05, 4.69) is 10.3 Å². The van der Waals surface area contributed by atoms with Crippen molar-refractivity contribution in [3.63, 3.8) is 0 Å². The molecular formula is C19H19N3O3. The predicted octanol–water partition coefficient (Wildman–Crippen LogP) is 2.09. The molecule has 0 unspecified atom stereocenters. The summed E-state index contributed by atoms with van der Waals surface area (Å²) in [6.45, 7) is 0.424. The van der Waals surface area contributed by atoms with E-state index >= 15 is 0 Å². The Morgan fingerprint density at radius 1 is 1.20 bits per heavy atom. The van der Waals surface area contributed by atoms with E-state index in [0.717, 1.165) is 11.3 Å². The minimum Gasteiger partial charge on any atom is -0.497 e. The number of hydrogen-bond donors (Lipinski definition) is 3. The largest absolute Gasteiger partial charge is 0.497 e. The number of carbonyl (C=O) groups is 1. The highest BCUT2D eigenvalue weighted by Gasteiger charge is 2.12. The van der Waals surface area contributed by atoms with Crippen LogP contribution in [-0.4, -0.2) is 24.5 Å². The fraction of sp³-hybridized carbons (Fsp3) is 0.158. The molecule has 0 atom stereocenters. The zero-order chi connectivity index (χ0) is 17.8. The van der Waals surface area contributed by atoms with Crippen molar-refractivity contribution in [1.29, 1.82) is 0 Å². The van der Waals surface area contributed by atoms with Gasteiger partial charge in [-0.1, -0.05) is 18.2 Å². The molecule has 6 nitrogen and oxygen atoms in total. The Kier molecular flexibility index (Phi) is 4.70. The summed E-state index contributed by atoms with van der Waals surface area (Å²) < 4.78 is 5.11. The smallest absolute Gasteiger partial charge is 0.261 e. The van der Waals surface area contributed by atoms with Crippen LogP contribution >= 0.6 is 0 Å². The number of hydrogen-bond acceptors (Lipinski definition) is 4. The van der Waals surface area contributed by atoms with Gasteiger partial charge in [0.2, 0.25) is 0 Å². The second kappa shape index (κ2) is 7.09. The maximum absolute atomic E-state index is 12.3. The van der Waals surface area contributed by atoms with Crippen LogP contribution < -0.4 is 21.3 Å². The van der Waals surface area contributed by atoms with Crippen LogP contribution in [0.5, 0.6) is 5.75 Å². The van der Waals surface area contributed by atoms with Crippen molar-refractivity contribution in [2.45, 2.75) is 6.42 Å². The molecule has 2 aromatic carbocycles. The van der Waals surface area contributed by atoms with Gasteiger partial charge in [0, 0.05) is 17.6 Å². The molecular weight excluding hydrogens is 318 g/mol. The molecule has 4 N–H and O–H groups in total. The molecule has 0 saturated heterocycles. The van der Waals surface area contributed by atoms with E-state index in [1.54, 1.807) is 25.3 Å². The molecule has 0 spiro atoms. The number of fused-ring (bicyclic) bond motifs is 1. The number of benzene rings is 2. The molecule has 128 valence electrons. The number of anilines is 1. The van der Waals surface area contributed by atoms with E-state index in [4.69, 9.17) is 10.5 Å². The minimum atomic E-state index is -0.431. The van der Waals surface area contributed by atoms with Gasteiger partial charge in [0.15, 0.2) is 0 Å². The number of nitrogens with one attached hydrogen (secondary N) is 2. The normalized spacial score (nSPS) is 10.6. The second-order valence-corrected chi connectivity index (χ2v) is 5.67. The van der Waals surface area contributed by atoms with Crippen molar-refractivity contribution >= 4 is 22.5 Å². The first kappa shape index (κ1) is 16.6. The number of H-pyrrole nitrogens is 1.